The van der Waals surface area contributed by atoms with Gasteiger partial charge in [-0.25, -0.2) is 4.79 Å². The number of carbonyl (C=O) groups is 1. The molecule has 0 heterocycles. The van der Waals surface area contributed by atoms with Crippen LogP contribution >= 0.6 is 0 Å². The van der Waals surface area contributed by atoms with E-state index in [9.17, 15) is 4.79 Å². The van der Waals surface area contributed by atoms with Crippen LogP contribution < -0.4 is 21.1 Å². The Balaban J connectivity index is 0.000000696. The highest BCUT2D eigenvalue weighted by Gasteiger charge is 2.09. The number of nitrogens with two attached hydrogens (primary N) is 1. The third-order valence-electron chi connectivity index (χ3n) is 3.58. The van der Waals surface area contributed by atoms with Gasteiger partial charge in [-0.05, 0) is 56.9 Å². The van der Waals surface area contributed by atoms with E-state index < -0.39 is 0 Å². The van der Waals surface area contributed by atoms with Crippen molar-refractivity contribution in [1.29, 1.82) is 0 Å². The zero-order valence-corrected chi connectivity index (χ0v) is 17.8. The fourth-order valence-electron chi connectivity index (χ4n) is 2.26. The molecular formula is C23H35N3O2. The topological polar surface area (TPSA) is 76.4 Å². The van der Waals surface area contributed by atoms with Gasteiger partial charge < -0.3 is 21.1 Å². The molecule has 0 spiro atoms. The second-order valence-electron chi connectivity index (χ2n) is 7.78. The second-order valence-corrected chi connectivity index (χ2v) is 7.78. The molecule has 2 aromatic carbocycles. The molecule has 154 valence electrons. The summed E-state index contributed by atoms with van der Waals surface area (Å²) in [4.78, 5) is 11.7. The van der Waals surface area contributed by atoms with Crippen LogP contribution in [0.1, 0.15) is 51.7 Å². The normalized spacial score (nSPS) is 10.5. The molecule has 2 aromatic rings. The number of anilines is 1. The second kappa shape index (κ2) is 12.0. The minimum absolute atomic E-state index is 0. The van der Waals surface area contributed by atoms with Crippen LogP contribution in [0, 0.1) is 0 Å². The van der Waals surface area contributed by atoms with Crippen LogP contribution in [0.25, 0.3) is 0 Å². The van der Waals surface area contributed by atoms with Crippen LogP contribution in [0.15, 0.2) is 48.5 Å². The SMILES string of the molecule is CC(C)(C)N.CCCCc1ccc(OCc2ccccc2)c(NC(=O)NC)c1. The summed E-state index contributed by atoms with van der Waals surface area (Å²) in [7, 11) is 1.60. The average molecular weight is 386 g/mol. The van der Waals surface area contributed by atoms with Crippen molar-refractivity contribution in [2.45, 2.75) is 59.1 Å². The molecule has 0 fully saturated rings. The van der Waals surface area contributed by atoms with Crippen molar-refractivity contribution in [1.82, 2.24) is 5.32 Å². The lowest BCUT2D eigenvalue weighted by atomic mass is 10.1. The molecule has 0 aromatic heterocycles. The van der Waals surface area contributed by atoms with Gasteiger partial charge in [0.2, 0.25) is 0 Å². The Morgan fingerprint density at radius 2 is 1.71 bits per heavy atom. The van der Waals surface area contributed by atoms with Crippen LogP contribution in [0.4, 0.5) is 10.5 Å². The molecule has 0 atom stereocenters. The molecule has 0 saturated carbocycles. The summed E-state index contributed by atoms with van der Waals surface area (Å²) in [6.45, 7) is 8.53. The quantitative estimate of drug-likeness (QED) is 0.620. The Morgan fingerprint density at radius 3 is 2.29 bits per heavy atom. The van der Waals surface area contributed by atoms with Gasteiger partial charge in [0, 0.05) is 12.6 Å². The first kappa shape index (κ1) is 23.5. The van der Waals surface area contributed by atoms with Gasteiger partial charge in [-0.15, -0.1) is 0 Å². The predicted molar refractivity (Wildman–Crippen MR) is 118 cm³/mol. The summed E-state index contributed by atoms with van der Waals surface area (Å²) in [5, 5.41) is 5.41. The van der Waals surface area contributed by atoms with E-state index in [1.165, 1.54) is 5.56 Å². The smallest absolute Gasteiger partial charge is 0.319 e. The highest BCUT2D eigenvalue weighted by atomic mass is 16.5. The van der Waals surface area contributed by atoms with Gasteiger partial charge in [0.05, 0.1) is 5.69 Å². The molecule has 5 heteroatoms. The zero-order valence-electron chi connectivity index (χ0n) is 17.8. The number of carbonyl (C=O) groups excluding carboxylic acids is 1. The number of hydrogen-bond acceptors (Lipinski definition) is 3. The highest BCUT2D eigenvalue weighted by molar-refractivity contribution is 5.90. The Kier molecular flexibility index (Phi) is 10.1. The van der Waals surface area contributed by atoms with Crippen LogP contribution in [-0.2, 0) is 13.0 Å². The summed E-state index contributed by atoms with van der Waals surface area (Å²) in [6, 6.07) is 15.7. The van der Waals surface area contributed by atoms with E-state index in [1.807, 2.05) is 63.2 Å². The van der Waals surface area contributed by atoms with E-state index in [-0.39, 0.29) is 11.6 Å². The lowest BCUT2D eigenvalue weighted by Crippen LogP contribution is -2.26. The number of aryl methyl sites for hydroxylation is 1. The molecule has 28 heavy (non-hydrogen) atoms. The van der Waals surface area contributed by atoms with Crippen molar-refractivity contribution in [3.05, 3.63) is 59.7 Å². The van der Waals surface area contributed by atoms with Gasteiger partial charge in [-0.3, -0.25) is 0 Å². The molecule has 0 aliphatic carbocycles. The Labute approximate surface area is 169 Å². The van der Waals surface area contributed by atoms with Crippen molar-refractivity contribution in [3.63, 3.8) is 0 Å². The van der Waals surface area contributed by atoms with Crippen molar-refractivity contribution in [2.24, 2.45) is 5.73 Å². The molecule has 0 aliphatic heterocycles. The molecule has 0 radical (unpaired) electrons. The number of urea groups is 1. The maximum Gasteiger partial charge on any atom is 0.319 e. The summed E-state index contributed by atoms with van der Waals surface area (Å²) < 4.78 is 5.89. The number of ether oxygens (including phenoxy) is 1. The fourth-order valence-corrected chi connectivity index (χ4v) is 2.26. The zero-order chi connectivity index (χ0) is 21.0. The predicted octanol–water partition coefficient (Wildman–Crippen LogP) is 5.10. The molecule has 2 rings (SSSR count). The Bertz CT molecular complexity index is 704. The molecule has 4 N–H and O–H groups in total. The first-order valence-electron chi connectivity index (χ1n) is 9.80. The van der Waals surface area contributed by atoms with Crippen molar-refractivity contribution in [3.8, 4) is 5.75 Å². The van der Waals surface area contributed by atoms with Gasteiger partial charge in [-0.1, -0.05) is 49.7 Å². The Hall–Kier alpha value is -2.53. The van der Waals surface area contributed by atoms with Gasteiger partial charge in [0.1, 0.15) is 12.4 Å². The fraction of sp³-hybridized carbons (Fsp3) is 0.435. The number of nitrogens with one attached hydrogen (secondary N) is 2. The maximum atomic E-state index is 11.7. The van der Waals surface area contributed by atoms with E-state index >= 15 is 0 Å². The van der Waals surface area contributed by atoms with Crippen LogP contribution in [0.5, 0.6) is 5.75 Å². The molecule has 0 bridgehead atoms. The Morgan fingerprint density at radius 1 is 1.07 bits per heavy atom. The number of benzene rings is 2. The minimum Gasteiger partial charge on any atom is -0.487 e. The summed E-state index contributed by atoms with van der Waals surface area (Å²) in [6.07, 6.45) is 3.27. The molecule has 2 amide bonds. The summed E-state index contributed by atoms with van der Waals surface area (Å²) >= 11 is 0. The third kappa shape index (κ3) is 10.6. The number of amides is 2. The molecular weight excluding hydrogens is 350 g/mol. The van der Waals surface area contributed by atoms with Gasteiger partial charge >= 0.3 is 6.03 Å². The summed E-state index contributed by atoms with van der Waals surface area (Å²) in [5.41, 5.74) is 8.35. The van der Waals surface area contributed by atoms with Gasteiger partial charge in [-0.2, -0.15) is 0 Å². The number of hydrogen-bond donors (Lipinski definition) is 3. The van der Waals surface area contributed by atoms with Crippen LogP contribution in [0.2, 0.25) is 0 Å². The lowest BCUT2D eigenvalue weighted by molar-refractivity contribution is 0.253. The van der Waals surface area contributed by atoms with Gasteiger partial charge in [0.25, 0.3) is 0 Å². The number of unbranched alkanes of at least 4 members (excludes halogenated alkanes) is 1. The molecule has 0 unspecified atom stereocenters. The minimum atomic E-state index is -0.248. The standard InChI is InChI=1S/C19H24N2O2.C4H11N/c1-3-4-8-15-11-12-18(17(13-15)21-19(22)20-2)23-14-16-9-6-5-7-10-16;1-4(2,3)5/h5-7,9-13H,3-4,8,14H2,1-2H3,(H2,20,21,22);5H2,1-3H3. The van der Waals surface area contributed by atoms with E-state index in [1.54, 1.807) is 7.05 Å². The van der Waals surface area contributed by atoms with E-state index in [2.05, 4.69) is 23.6 Å². The lowest BCUT2D eigenvalue weighted by Gasteiger charge is -2.14. The van der Waals surface area contributed by atoms with Crippen LogP contribution in [0.3, 0.4) is 0 Å². The number of rotatable bonds is 7. The van der Waals surface area contributed by atoms with E-state index in [0.29, 0.717) is 18.0 Å². The summed E-state index contributed by atoms with van der Waals surface area (Å²) in [5.74, 6) is 0.678. The molecule has 5 nitrogen and oxygen atoms in total. The first-order chi connectivity index (χ1) is 13.2. The van der Waals surface area contributed by atoms with E-state index in [0.717, 1.165) is 24.8 Å². The van der Waals surface area contributed by atoms with Gasteiger partial charge in [0.15, 0.2) is 0 Å². The monoisotopic (exact) mass is 385 g/mol. The van der Waals surface area contributed by atoms with Crippen molar-refractivity contribution < 1.29 is 9.53 Å². The van der Waals surface area contributed by atoms with Crippen LogP contribution in [-0.4, -0.2) is 18.6 Å². The average Bonchev–Trinajstić information content (AvgIpc) is 2.65. The molecule has 0 saturated heterocycles. The van der Waals surface area contributed by atoms with Crippen molar-refractivity contribution >= 4 is 11.7 Å². The maximum absolute atomic E-state index is 11.7. The van der Waals surface area contributed by atoms with Crippen molar-refractivity contribution in [2.75, 3.05) is 12.4 Å². The largest absolute Gasteiger partial charge is 0.487 e. The van der Waals surface area contributed by atoms with E-state index in [4.69, 9.17) is 10.5 Å². The molecule has 0 aliphatic rings. The third-order valence-corrected chi connectivity index (χ3v) is 3.58. The highest BCUT2D eigenvalue weighted by Crippen LogP contribution is 2.27. The first-order valence-corrected chi connectivity index (χ1v) is 9.80.